The molecular weight excluding hydrogens is 307 g/mol. The molecule has 0 heterocycles. The molecular formula is C13H13BrF3N. The van der Waals surface area contributed by atoms with Crippen molar-refractivity contribution in [2.24, 2.45) is 0 Å². The van der Waals surface area contributed by atoms with Gasteiger partial charge in [0.15, 0.2) is 0 Å². The van der Waals surface area contributed by atoms with Crippen LogP contribution in [0.1, 0.15) is 30.5 Å². The lowest BCUT2D eigenvalue weighted by Gasteiger charge is -2.17. The van der Waals surface area contributed by atoms with Gasteiger partial charge >= 0.3 is 6.18 Å². The van der Waals surface area contributed by atoms with Crippen LogP contribution < -0.4 is 5.32 Å². The van der Waals surface area contributed by atoms with E-state index in [0.717, 1.165) is 6.07 Å². The Balaban J connectivity index is 3.12. The van der Waals surface area contributed by atoms with Gasteiger partial charge in [0.2, 0.25) is 0 Å². The van der Waals surface area contributed by atoms with Crippen LogP contribution in [0.3, 0.4) is 0 Å². The minimum absolute atomic E-state index is 0.0511. The van der Waals surface area contributed by atoms with E-state index in [0.29, 0.717) is 12.0 Å². The molecule has 0 aliphatic heterocycles. The van der Waals surface area contributed by atoms with Crippen LogP contribution in [0.15, 0.2) is 22.7 Å². The van der Waals surface area contributed by atoms with E-state index in [2.05, 4.69) is 33.1 Å². The first-order chi connectivity index (χ1) is 8.40. The zero-order valence-electron chi connectivity index (χ0n) is 10.0. The van der Waals surface area contributed by atoms with Crippen molar-refractivity contribution in [1.82, 2.24) is 5.32 Å². The number of halogens is 4. The Bertz CT molecular complexity index is 471. The summed E-state index contributed by atoms with van der Waals surface area (Å²) >= 11 is 2.92. The summed E-state index contributed by atoms with van der Waals surface area (Å²) in [5.74, 6) is 5.60. The fourth-order valence-corrected chi connectivity index (χ4v) is 2.04. The molecule has 1 rings (SSSR count). The van der Waals surface area contributed by atoms with Crippen molar-refractivity contribution in [1.29, 1.82) is 0 Å². The summed E-state index contributed by atoms with van der Waals surface area (Å²) in [6, 6.07) is 4.04. The lowest BCUT2D eigenvalue weighted by Crippen LogP contribution is -2.17. The van der Waals surface area contributed by atoms with Gasteiger partial charge in [0, 0.05) is 16.9 Å². The zero-order chi connectivity index (χ0) is 13.8. The van der Waals surface area contributed by atoms with E-state index in [-0.39, 0.29) is 10.5 Å². The number of hydrogen-bond donors (Lipinski definition) is 1. The quantitative estimate of drug-likeness (QED) is 0.825. The van der Waals surface area contributed by atoms with Crippen molar-refractivity contribution in [3.63, 3.8) is 0 Å². The smallest absolute Gasteiger partial charge is 0.312 e. The fourth-order valence-electron chi connectivity index (χ4n) is 1.57. The van der Waals surface area contributed by atoms with Crippen LogP contribution >= 0.6 is 15.9 Å². The maximum absolute atomic E-state index is 12.8. The normalized spacial score (nSPS) is 12.8. The van der Waals surface area contributed by atoms with Crippen LogP contribution in [0, 0.1) is 11.8 Å². The van der Waals surface area contributed by atoms with Gasteiger partial charge in [-0.15, -0.1) is 11.8 Å². The number of hydrogen-bond acceptors (Lipinski definition) is 1. The fraction of sp³-hybridized carbons (Fsp3) is 0.385. The summed E-state index contributed by atoms with van der Waals surface area (Å²) in [4.78, 5) is 0. The molecule has 1 N–H and O–H groups in total. The molecule has 0 saturated carbocycles. The summed E-state index contributed by atoms with van der Waals surface area (Å²) < 4.78 is 38.4. The minimum atomic E-state index is -4.36. The van der Waals surface area contributed by atoms with Gasteiger partial charge in [-0.25, -0.2) is 0 Å². The van der Waals surface area contributed by atoms with Crippen LogP contribution in [0.5, 0.6) is 0 Å². The molecule has 1 nitrogen and oxygen atoms in total. The van der Waals surface area contributed by atoms with Crippen LogP contribution in [-0.4, -0.2) is 7.05 Å². The third kappa shape index (κ3) is 3.76. The molecule has 0 amide bonds. The van der Waals surface area contributed by atoms with E-state index in [4.69, 9.17) is 0 Å². The highest BCUT2D eigenvalue weighted by Crippen LogP contribution is 2.36. The predicted molar refractivity (Wildman–Crippen MR) is 69.0 cm³/mol. The van der Waals surface area contributed by atoms with E-state index in [9.17, 15) is 13.2 Å². The molecule has 0 aliphatic rings. The van der Waals surface area contributed by atoms with Crippen LogP contribution in [-0.2, 0) is 6.18 Å². The average Bonchev–Trinajstić information content (AvgIpc) is 2.30. The molecule has 0 aliphatic carbocycles. The van der Waals surface area contributed by atoms with Gasteiger partial charge in [-0.2, -0.15) is 13.2 Å². The average molecular weight is 320 g/mol. The van der Waals surface area contributed by atoms with E-state index in [1.165, 1.54) is 6.07 Å². The second-order valence-electron chi connectivity index (χ2n) is 3.71. The van der Waals surface area contributed by atoms with Gasteiger partial charge in [0.1, 0.15) is 0 Å². The second kappa shape index (κ2) is 6.26. The van der Waals surface area contributed by atoms with Gasteiger partial charge in [0.25, 0.3) is 0 Å². The van der Waals surface area contributed by atoms with Crippen molar-refractivity contribution in [3.8, 4) is 11.8 Å². The van der Waals surface area contributed by atoms with Crippen molar-refractivity contribution in [2.45, 2.75) is 25.6 Å². The Labute approximate surface area is 113 Å². The van der Waals surface area contributed by atoms with Crippen molar-refractivity contribution >= 4 is 15.9 Å². The Morgan fingerprint density at radius 3 is 2.56 bits per heavy atom. The summed E-state index contributed by atoms with van der Waals surface area (Å²) in [7, 11) is 1.71. The molecule has 0 fully saturated rings. The van der Waals surface area contributed by atoms with Gasteiger partial charge in [-0.1, -0.05) is 22.0 Å². The second-order valence-corrected chi connectivity index (χ2v) is 4.56. The number of alkyl halides is 3. The Kier molecular flexibility index (Phi) is 5.24. The highest BCUT2D eigenvalue weighted by atomic mass is 79.9. The van der Waals surface area contributed by atoms with Crippen molar-refractivity contribution < 1.29 is 13.2 Å². The zero-order valence-corrected chi connectivity index (χ0v) is 11.6. The van der Waals surface area contributed by atoms with Gasteiger partial charge in [-0.05, 0) is 31.7 Å². The first kappa shape index (κ1) is 15.1. The Morgan fingerprint density at radius 1 is 1.39 bits per heavy atom. The minimum Gasteiger partial charge on any atom is -0.312 e. The summed E-state index contributed by atoms with van der Waals surface area (Å²) in [5, 5.41) is 2.97. The molecule has 1 atom stereocenters. The molecule has 0 radical (unpaired) electrons. The Hall–Kier alpha value is -0.990. The van der Waals surface area contributed by atoms with Gasteiger partial charge in [0.05, 0.1) is 5.56 Å². The maximum Gasteiger partial charge on any atom is 0.417 e. The van der Waals surface area contributed by atoms with Crippen LogP contribution in [0.2, 0.25) is 0 Å². The molecule has 0 saturated heterocycles. The summed E-state index contributed by atoms with van der Waals surface area (Å²) in [6.45, 7) is 1.70. The molecule has 18 heavy (non-hydrogen) atoms. The molecule has 1 aromatic carbocycles. The molecule has 5 heteroatoms. The van der Waals surface area contributed by atoms with Gasteiger partial charge in [-0.3, -0.25) is 0 Å². The first-order valence-electron chi connectivity index (χ1n) is 5.33. The van der Waals surface area contributed by atoms with Crippen molar-refractivity contribution in [2.75, 3.05) is 7.05 Å². The summed E-state index contributed by atoms with van der Waals surface area (Å²) in [5.41, 5.74) is -0.0829. The SMILES string of the molecule is CC#CCC(NC)c1ccc(Br)c(C(F)(F)F)c1. The molecule has 0 spiro atoms. The van der Waals surface area contributed by atoms with Crippen LogP contribution in [0.4, 0.5) is 13.2 Å². The number of nitrogens with one attached hydrogen (secondary N) is 1. The molecule has 0 aromatic heterocycles. The molecule has 98 valence electrons. The largest absolute Gasteiger partial charge is 0.417 e. The molecule has 1 unspecified atom stereocenters. The lowest BCUT2D eigenvalue weighted by atomic mass is 10.0. The molecule has 0 bridgehead atoms. The maximum atomic E-state index is 12.8. The highest BCUT2D eigenvalue weighted by molar-refractivity contribution is 9.10. The van der Waals surface area contributed by atoms with Crippen LogP contribution in [0.25, 0.3) is 0 Å². The van der Waals surface area contributed by atoms with Gasteiger partial charge < -0.3 is 5.32 Å². The standard InChI is InChI=1S/C13H13BrF3N/c1-3-4-5-12(18-2)9-6-7-11(14)10(8-9)13(15,16)17/h6-8,12,18H,5H2,1-2H3. The number of rotatable bonds is 3. The Morgan fingerprint density at radius 2 is 2.06 bits per heavy atom. The topological polar surface area (TPSA) is 12.0 Å². The summed E-state index contributed by atoms with van der Waals surface area (Å²) in [6.07, 6.45) is -3.88. The number of benzene rings is 1. The van der Waals surface area contributed by atoms with E-state index in [1.807, 2.05) is 0 Å². The van der Waals surface area contributed by atoms with E-state index >= 15 is 0 Å². The third-order valence-corrected chi connectivity index (χ3v) is 3.22. The highest BCUT2D eigenvalue weighted by Gasteiger charge is 2.33. The predicted octanol–water partition coefficient (Wildman–Crippen LogP) is 4.14. The van der Waals surface area contributed by atoms with E-state index in [1.54, 1.807) is 20.0 Å². The third-order valence-electron chi connectivity index (χ3n) is 2.53. The monoisotopic (exact) mass is 319 g/mol. The molecule has 1 aromatic rings. The van der Waals surface area contributed by atoms with E-state index < -0.39 is 11.7 Å². The first-order valence-corrected chi connectivity index (χ1v) is 6.13. The lowest BCUT2D eigenvalue weighted by molar-refractivity contribution is -0.138. The van der Waals surface area contributed by atoms with Crippen molar-refractivity contribution in [3.05, 3.63) is 33.8 Å².